The van der Waals surface area contributed by atoms with Gasteiger partial charge in [0, 0.05) is 5.56 Å². The number of rotatable bonds is 3. The quantitative estimate of drug-likeness (QED) is 0.742. The average molecular weight is 273 g/mol. The van der Waals surface area contributed by atoms with Gasteiger partial charge in [-0.25, -0.2) is 10.1 Å². The topological polar surface area (TPSA) is 67.1 Å². The van der Waals surface area contributed by atoms with Gasteiger partial charge in [0.2, 0.25) is 5.95 Å². The van der Waals surface area contributed by atoms with E-state index in [9.17, 15) is 0 Å². The van der Waals surface area contributed by atoms with Gasteiger partial charge in [0.15, 0.2) is 0 Å². The van der Waals surface area contributed by atoms with Crippen molar-refractivity contribution in [2.75, 3.05) is 0 Å². The SMILES string of the molecule is Clc1ccccc1-c1ccc(/C=N/c2ncn[nH]2)o1. The summed E-state index contributed by atoms with van der Waals surface area (Å²) in [5, 5.41) is 6.98. The summed E-state index contributed by atoms with van der Waals surface area (Å²) in [5.41, 5.74) is 0.850. The number of benzene rings is 1. The van der Waals surface area contributed by atoms with Gasteiger partial charge in [-0.15, -0.1) is 0 Å². The lowest BCUT2D eigenvalue weighted by Crippen LogP contribution is -1.77. The smallest absolute Gasteiger partial charge is 0.245 e. The van der Waals surface area contributed by atoms with Crippen molar-refractivity contribution in [2.24, 2.45) is 4.99 Å². The van der Waals surface area contributed by atoms with Crippen LogP contribution in [0.25, 0.3) is 11.3 Å². The van der Waals surface area contributed by atoms with Crippen molar-refractivity contribution in [3.8, 4) is 11.3 Å². The van der Waals surface area contributed by atoms with Crippen LogP contribution >= 0.6 is 11.6 Å². The number of aromatic nitrogens is 3. The Bertz CT molecular complexity index is 703. The molecule has 0 saturated heterocycles. The number of hydrogen-bond donors (Lipinski definition) is 1. The number of aromatic amines is 1. The maximum absolute atomic E-state index is 6.11. The van der Waals surface area contributed by atoms with Crippen molar-refractivity contribution < 1.29 is 4.42 Å². The molecule has 0 atom stereocenters. The molecule has 1 aromatic carbocycles. The highest BCUT2D eigenvalue weighted by atomic mass is 35.5. The van der Waals surface area contributed by atoms with E-state index in [4.69, 9.17) is 16.0 Å². The van der Waals surface area contributed by atoms with Gasteiger partial charge < -0.3 is 4.42 Å². The molecule has 19 heavy (non-hydrogen) atoms. The van der Waals surface area contributed by atoms with Crippen LogP contribution in [0.15, 0.2) is 52.1 Å². The molecule has 5 nitrogen and oxygen atoms in total. The summed E-state index contributed by atoms with van der Waals surface area (Å²) in [6, 6.07) is 11.2. The molecule has 6 heteroatoms. The van der Waals surface area contributed by atoms with E-state index in [-0.39, 0.29) is 0 Å². The van der Waals surface area contributed by atoms with Crippen molar-refractivity contribution in [1.82, 2.24) is 15.2 Å². The van der Waals surface area contributed by atoms with Crippen LogP contribution in [0.3, 0.4) is 0 Å². The Balaban J connectivity index is 1.86. The van der Waals surface area contributed by atoms with Gasteiger partial charge in [-0.1, -0.05) is 23.7 Å². The van der Waals surface area contributed by atoms with Crippen molar-refractivity contribution >= 4 is 23.8 Å². The van der Waals surface area contributed by atoms with E-state index in [1.54, 1.807) is 6.21 Å². The second-order valence-electron chi connectivity index (χ2n) is 3.75. The lowest BCUT2D eigenvalue weighted by atomic mass is 10.2. The van der Waals surface area contributed by atoms with Gasteiger partial charge in [0.1, 0.15) is 17.8 Å². The van der Waals surface area contributed by atoms with E-state index in [0.29, 0.717) is 22.5 Å². The molecule has 0 unspecified atom stereocenters. The zero-order chi connectivity index (χ0) is 13.1. The molecular weight excluding hydrogens is 264 g/mol. The van der Waals surface area contributed by atoms with Crippen LogP contribution in [0.2, 0.25) is 5.02 Å². The monoisotopic (exact) mass is 272 g/mol. The first-order chi connectivity index (χ1) is 9.33. The maximum Gasteiger partial charge on any atom is 0.245 e. The number of furan rings is 1. The Labute approximate surface area is 114 Å². The number of hydrogen-bond acceptors (Lipinski definition) is 4. The molecule has 0 spiro atoms. The molecule has 94 valence electrons. The van der Waals surface area contributed by atoms with Crippen molar-refractivity contribution in [2.45, 2.75) is 0 Å². The van der Waals surface area contributed by atoms with Gasteiger partial charge in [0.25, 0.3) is 0 Å². The number of aliphatic imine (C=N–C) groups is 1. The Morgan fingerprint density at radius 3 is 2.89 bits per heavy atom. The predicted molar refractivity (Wildman–Crippen MR) is 72.8 cm³/mol. The molecule has 0 aliphatic carbocycles. The normalized spacial score (nSPS) is 11.2. The summed E-state index contributed by atoms with van der Waals surface area (Å²) in [6.07, 6.45) is 2.96. The molecule has 0 bridgehead atoms. The molecule has 2 aromatic heterocycles. The molecule has 3 aromatic rings. The molecule has 2 heterocycles. The summed E-state index contributed by atoms with van der Waals surface area (Å²) in [5.74, 6) is 1.74. The van der Waals surface area contributed by atoms with E-state index in [2.05, 4.69) is 20.2 Å². The van der Waals surface area contributed by atoms with Crippen molar-refractivity contribution in [1.29, 1.82) is 0 Å². The van der Waals surface area contributed by atoms with Crippen molar-refractivity contribution in [3.05, 3.63) is 53.5 Å². The Hall–Kier alpha value is -2.40. The highest BCUT2D eigenvalue weighted by Crippen LogP contribution is 2.28. The van der Waals surface area contributed by atoms with Gasteiger partial charge >= 0.3 is 0 Å². The molecule has 0 aliphatic heterocycles. The zero-order valence-electron chi connectivity index (χ0n) is 9.75. The molecular formula is C13H9ClN4O. The summed E-state index contributed by atoms with van der Waals surface area (Å²) in [7, 11) is 0. The first-order valence-electron chi connectivity index (χ1n) is 5.57. The minimum atomic E-state index is 0.427. The Morgan fingerprint density at radius 2 is 2.11 bits per heavy atom. The third kappa shape index (κ3) is 2.56. The highest BCUT2D eigenvalue weighted by molar-refractivity contribution is 6.33. The van der Waals surface area contributed by atoms with E-state index in [1.807, 2.05) is 36.4 Å². The van der Waals surface area contributed by atoms with Crippen LogP contribution in [0.5, 0.6) is 0 Å². The minimum Gasteiger partial charge on any atom is -0.455 e. The lowest BCUT2D eigenvalue weighted by Gasteiger charge is -1.98. The van der Waals surface area contributed by atoms with Crippen LogP contribution < -0.4 is 0 Å². The standard InChI is InChI=1S/C13H9ClN4O/c14-11-4-2-1-3-10(11)12-6-5-9(19-12)7-15-13-16-8-17-18-13/h1-8H,(H,16,17,18)/b15-7+. The molecule has 0 radical (unpaired) electrons. The molecule has 0 aliphatic rings. The summed E-state index contributed by atoms with van der Waals surface area (Å²) in [6.45, 7) is 0. The second-order valence-corrected chi connectivity index (χ2v) is 4.16. The number of nitrogens with one attached hydrogen (secondary N) is 1. The fourth-order valence-electron chi connectivity index (χ4n) is 1.61. The fourth-order valence-corrected chi connectivity index (χ4v) is 1.84. The van der Waals surface area contributed by atoms with Crippen molar-refractivity contribution in [3.63, 3.8) is 0 Å². The van der Waals surface area contributed by atoms with Gasteiger partial charge in [-0.3, -0.25) is 0 Å². The van der Waals surface area contributed by atoms with E-state index >= 15 is 0 Å². The van der Waals surface area contributed by atoms with E-state index in [0.717, 1.165) is 5.56 Å². The van der Waals surface area contributed by atoms with Crippen LogP contribution in [-0.2, 0) is 0 Å². The third-order valence-electron chi connectivity index (χ3n) is 2.48. The minimum absolute atomic E-state index is 0.427. The van der Waals surface area contributed by atoms with Crippen LogP contribution in [0.1, 0.15) is 5.76 Å². The lowest BCUT2D eigenvalue weighted by molar-refractivity contribution is 0.575. The number of halogens is 1. The molecule has 3 rings (SSSR count). The fraction of sp³-hybridized carbons (Fsp3) is 0. The summed E-state index contributed by atoms with van der Waals surface area (Å²) < 4.78 is 5.65. The molecule has 0 fully saturated rings. The van der Waals surface area contributed by atoms with E-state index < -0.39 is 0 Å². The third-order valence-corrected chi connectivity index (χ3v) is 2.81. The second kappa shape index (κ2) is 5.07. The predicted octanol–water partition coefficient (Wildman–Crippen LogP) is 3.47. The maximum atomic E-state index is 6.11. The van der Waals surface area contributed by atoms with Crippen LogP contribution in [0.4, 0.5) is 5.95 Å². The van der Waals surface area contributed by atoms with Crippen LogP contribution in [0, 0.1) is 0 Å². The van der Waals surface area contributed by atoms with Gasteiger partial charge in [-0.05, 0) is 24.3 Å². The summed E-state index contributed by atoms with van der Waals surface area (Å²) >= 11 is 6.11. The molecule has 1 N–H and O–H groups in total. The largest absolute Gasteiger partial charge is 0.455 e. The first kappa shape index (κ1) is 11.7. The van der Waals surface area contributed by atoms with Gasteiger partial charge in [0.05, 0.1) is 11.2 Å². The summed E-state index contributed by atoms with van der Waals surface area (Å²) in [4.78, 5) is 7.97. The average Bonchev–Trinajstić information content (AvgIpc) is 3.08. The Morgan fingerprint density at radius 1 is 1.21 bits per heavy atom. The van der Waals surface area contributed by atoms with Crippen LogP contribution in [-0.4, -0.2) is 21.4 Å². The number of nitrogens with zero attached hydrogens (tertiary/aromatic N) is 3. The highest BCUT2D eigenvalue weighted by Gasteiger charge is 2.06. The molecule has 0 saturated carbocycles. The molecule has 0 amide bonds. The van der Waals surface area contributed by atoms with E-state index in [1.165, 1.54) is 6.33 Å². The Kier molecular flexibility index (Phi) is 3.12. The number of H-pyrrole nitrogens is 1. The van der Waals surface area contributed by atoms with Gasteiger partial charge in [-0.2, -0.15) is 10.1 Å². The zero-order valence-corrected chi connectivity index (χ0v) is 10.5. The first-order valence-corrected chi connectivity index (χ1v) is 5.95.